The van der Waals surface area contributed by atoms with Gasteiger partial charge in [-0.2, -0.15) is 0 Å². The Hall–Kier alpha value is -2.62. The van der Waals surface area contributed by atoms with Gasteiger partial charge in [0.25, 0.3) is 5.91 Å². The lowest BCUT2D eigenvalue weighted by Gasteiger charge is -2.50. The number of imidazole rings is 1. The van der Waals surface area contributed by atoms with Gasteiger partial charge in [0.15, 0.2) is 0 Å². The molecule has 0 radical (unpaired) electrons. The summed E-state index contributed by atoms with van der Waals surface area (Å²) in [6.07, 6.45) is 4.93. The van der Waals surface area contributed by atoms with Crippen LogP contribution >= 0.6 is 0 Å². The maximum atomic E-state index is 13.4. The standard InChI is InChI=1S/C23H25N3O.H2/c1-23(2)13-21-17(16-6-3-4-8-18(16)23)7-5-11-26(21)22(27)15-9-10-19-20(12-15)25-14-24-19;/h3-4,6,8-10,12,14,17,21H,5,7,11,13H2,1-2H3,(H,24,25);1H. The highest BCUT2D eigenvalue weighted by Gasteiger charge is 2.44. The Balaban J connectivity index is 0.00000192. The molecule has 2 aromatic carbocycles. The van der Waals surface area contributed by atoms with Gasteiger partial charge in [-0.1, -0.05) is 38.1 Å². The average molecular weight is 361 g/mol. The largest absolute Gasteiger partial charge is 0.345 e. The number of H-pyrrole nitrogens is 1. The molecular formula is C23H27N3O. The van der Waals surface area contributed by atoms with Crippen LogP contribution in [-0.4, -0.2) is 33.4 Å². The van der Waals surface area contributed by atoms with Crippen molar-refractivity contribution < 1.29 is 6.22 Å². The third kappa shape index (κ3) is 2.58. The first-order valence-corrected chi connectivity index (χ1v) is 9.88. The van der Waals surface area contributed by atoms with Crippen molar-refractivity contribution in [3.8, 4) is 0 Å². The molecule has 0 spiro atoms. The number of hydrogen-bond donors (Lipinski definition) is 1. The van der Waals surface area contributed by atoms with Crippen LogP contribution in [0.2, 0.25) is 0 Å². The van der Waals surface area contributed by atoms with Gasteiger partial charge < -0.3 is 9.88 Å². The van der Waals surface area contributed by atoms with Crippen LogP contribution in [0.5, 0.6) is 0 Å². The summed E-state index contributed by atoms with van der Waals surface area (Å²) in [5, 5.41) is 0. The van der Waals surface area contributed by atoms with Gasteiger partial charge in [0.2, 0.25) is 0 Å². The molecule has 1 aliphatic carbocycles. The molecule has 0 bridgehead atoms. The van der Waals surface area contributed by atoms with Gasteiger partial charge in [-0.3, -0.25) is 4.79 Å². The Labute approximate surface area is 161 Å². The summed E-state index contributed by atoms with van der Waals surface area (Å²) >= 11 is 0. The Morgan fingerprint density at radius 2 is 2.11 bits per heavy atom. The van der Waals surface area contributed by atoms with E-state index in [-0.39, 0.29) is 18.8 Å². The normalized spacial score (nSPS) is 23.7. The van der Waals surface area contributed by atoms with Crippen molar-refractivity contribution in [1.82, 2.24) is 14.9 Å². The van der Waals surface area contributed by atoms with Gasteiger partial charge in [-0.15, -0.1) is 0 Å². The van der Waals surface area contributed by atoms with Crippen molar-refractivity contribution in [2.45, 2.75) is 50.5 Å². The van der Waals surface area contributed by atoms with Crippen molar-refractivity contribution in [1.29, 1.82) is 0 Å². The van der Waals surface area contributed by atoms with Gasteiger partial charge in [0.05, 0.1) is 17.4 Å². The number of likely N-dealkylation sites (tertiary alicyclic amines) is 1. The zero-order valence-electron chi connectivity index (χ0n) is 15.9. The van der Waals surface area contributed by atoms with Crippen molar-refractivity contribution in [2.24, 2.45) is 0 Å². The van der Waals surface area contributed by atoms with Crippen LogP contribution < -0.4 is 0 Å². The Morgan fingerprint density at radius 3 is 3.00 bits per heavy atom. The number of amides is 1. The second kappa shape index (κ2) is 5.95. The van der Waals surface area contributed by atoms with E-state index in [0.717, 1.165) is 36.0 Å². The predicted octanol–water partition coefficient (Wildman–Crippen LogP) is 4.88. The summed E-state index contributed by atoms with van der Waals surface area (Å²) in [5.74, 6) is 0.596. The molecule has 2 unspecified atom stereocenters. The zero-order valence-corrected chi connectivity index (χ0v) is 15.9. The lowest BCUT2D eigenvalue weighted by Crippen LogP contribution is -2.52. The summed E-state index contributed by atoms with van der Waals surface area (Å²) in [6.45, 7) is 5.48. The molecule has 1 amide bonds. The topological polar surface area (TPSA) is 49.0 Å². The van der Waals surface area contributed by atoms with Crippen LogP contribution in [0.4, 0.5) is 0 Å². The molecule has 27 heavy (non-hydrogen) atoms. The van der Waals surface area contributed by atoms with Crippen molar-refractivity contribution in [3.63, 3.8) is 0 Å². The maximum Gasteiger partial charge on any atom is 0.254 e. The number of rotatable bonds is 1. The van der Waals surface area contributed by atoms with Crippen LogP contribution in [0.25, 0.3) is 11.0 Å². The number of hydrogen-bond acceptors (Lipinski definition) is 2. The highest BCUT2D eigenvalue weighted by molar-refractivity contribution is 5.97. The molecule has 140 valence electrons. The molecule has 2 aliphatic rings. The predicted molar refractivity (Wildman–Crippen MR) is 109 cm³/mol. The molecule has 4 heteroatoms. The number of carbonyl (C=O) groups is 1. The van der Waals surface area contributed by atoms with Crippen LogP contribution in [0.15, 0.2) is 48.8 Å². The number of benzene rings is 2. The van der Waals surface area contributed by atoms with E-state index >= 15 is 0 Å². The third-order valence-corrected chi connectivity index (χ3v) is 6.52. The lowest BCUT2D eigenvalue weighted by molar-refractivity contribution is 0.0497. The van der Waals surface area contributed by atoms with E-state index in [9.17, 15) is 4.79 Å². The summed E-state index contributed by atoms with van der Waals surface area (Å²) in [6, 6.07) is 14.9. The van der Waals surface area contributed by atoms with Crippen LogP contribution in [0, 0.1) is 0 Å². The van der Waals surface area contributed by atoms with Gasteiger partial charge in [0, 0.05) is 25.5 Å². The fraction of sp³-hybridized carbons (Fsp3) is 0.391. The molecule has 2 heterocycles. The fourth-order valence-corrected chi connectivity index (χ4v) is 5.23. The first kappa shape index (κ1) is 16.5. The number of piperidine rings is 1. The quantitative estimate of drug-likeness (QED) is 0.671. The van der Waals surface area contributed by atoms with E-state index in [0.29, 0.717) is 5.92 Å². The van der Waals surface area contributed by atoms with E-state index in [4.69, 9.17) is 0 Å². The molecule has 0 saturated carbocycles. The first-order chi connectivity index (χ1) is 13.0. The fourth-order valence-electron chi connectivity index (χ4n) is 5.23. The second-order valence-electron chi connectivity index (χ2n) is 8.62. The van der Waals surface area contributed by atoms with Crippen molar-refractivity contribution in [3.05, 3.63) is 65.5 Å². The van der Waals surface area contributed by atoms with E-state index in [1.165, 1.54) is 17.5 Å². The minimum atomic E-state index is 0. The molecule has 1 saturated heterocycles. The minimum absolute atomic E-state index is 0. The molecule has 2 atom stereocenters. The third-order valence-electron chi connectivity index (χ3n) is 6.52. The van der Waals surface area contributed by atoms with Gasteiger partial charge in [-0.05, 0) is 54.0 Å². The van der Waals surface area contributed by atoms with Crippen molar-refractivity contribution in [2.75, 3.05) is 6.54 Å². The van der Waals surface area contributed by atoms with Gasteiger partial charge in [0.1, 0.15) is 0 Å². The molecule has 1 aromatic heterocycles. The van der Waals surface area contributed by atoms with E-state index in [1.54, 1.807) is 6.33 Å². The molecule has 3 aromatic rings. The lowest BCUT2D eigenvalue weighted by atomic mass is 9.64. The van der Waals surface area contributed by atoms with Gasteiger partial charge >= 0.3 is 0 Å². The number of carbonyl (C=O) groups excluding carboxylic acids is 1. The summed E-state index contributed by atoms with van der Waals surface area (Å²) in [7, 11) is 0. The average Bonchev–Trinajstić information content (AvgIpc) is 3.15. The highest BCUT2D eigenvalue weighted by Crippen LogP contribution is 2.48. The number of nitrogens with zero attached hydrogens (tertiary/aromatic N) is 2. The molecule has 1 fully saturated rings. The minimum Gasteiger partial charge on any atom is -0.345 e. The number of aromatic nitrogens is 2. The van der Waals surface area contributed by atoms with Crippen LogP contribution in [-0.2, 0) is 5.41 Å². The van der Waals surface area contributed by atoms with Crippen LogP contribution in [0.3, 0.4) is 0 Å². The molecular weight excluding hydrogens is 334 g/mol. The smallest absolute Gasteiger partial charge is 0.254 e. The molecule has 1 N–H and O–H groups in total. The number of fused-ring (bicyclic) bond motifs is 4. The Kier molecular flexibility index (Phi) is 3.64. The molecule has 4 nitrogen and oxygen atoms in total. The maximum absolute atomic E-state index is 13.4. The summed E-state index contributed by atoms with van der Waals surface area (Å²) < 4.78 is 0. The van der Waals surface area contributed by atoms with Gasteiger partial charge in [-0.25, -0.2) is 4.98 Å². The monoisotopic (exact) mass is 361 g/mol. The first-order valence-electron chi connectivity index (χ1n) is 9.88. The van der Waals surface area contributed by atoms with E-state index in [1.807, 2.05) is 18.2 Å². The summed E-state index contributed by atoms with van der Waals surface area (Å²) in [5.41, 5.74) is 5.56. The Bertz CT molecular complexity index is 1030. The molecule has 5 rings (SSSR count). The Morgan fingerprint density at radius 1 is 1.26 bits per heavy atom. The van der Waals surface area contributed by atoms with E-state index in [2.05, 4.69) is 53.0 Å². The zero-order chi connectivity index (χ0) is 18.6. The SMILES string of the molecule is CC1(C)CC2C(CCCN2C(=O)c2ccc3nc[nH]c3c2)c2ccccc21.[HH]. The molecule has 1 aliphatic heterocycles. The second-order valence-corrected chi connectivity index (χ2v) is 8.62. The van der Waals surface area contributed by atoms with Crippen molar-refractivity contribution >= 4 is 16.9 Å². The summed E-state index contributed by atoms with van der Waals surface area (Å²) in [4.78, 5) is 23.0. The highest BCUT2D eigenvalue weighted by atomic mass is 16.2. The number of nitrogens with one attached hydrogen (secondary N) is 1. The van der Waals surface area contributed by atoms with E-state index < -0.39 is 0 Å². The van der Waals surface area contributed by atoms with Crippen LogP contribution in [0.1, 0.15) is 61.9 Å². The number of aromatic amines is 1.